The number of aryl methyl sites for hydroxylation is 3. The van der Waals surface area contributed by atoms with Crippen molar-refractivity contribution in [3.05, 3.63) is 27.3 Å². The molecule has 0 aliphatic carbocycles. The summed E-state index contributed by atoms with van der Waals surface area (Å²) in [6.45, 7) is 5.50. The van der Waals surface area contributed by atoms with Gasteiger partial charge in [-0.3, -0.25) is 4.68 Å². The Hall–Kier alpha value is -1.40. The standard InChI is InChI=1S/C13H21N5S/c1-9-12(5-6-14)13(18(4)16-9)17(3)7-11-8-19-10(2)15-11/h8H,5-7,14H2,1-4H3. The van der Waals surface area contributed by atoms with Crippen LogP contribution in [0.2, 0.25) is 0 Å². The van der Waals surface area contributed by atoms with E-state index in [2.05, 4.69) is 27.4 Å². The van der Waals surface area contributed by atoms with Crippen LogP contribution in [0.3, 0.4) is 0 Å². The minimum Gasteiger partial charge on any atom is -0.354 e. The summed E-state index contributed by atoms with van der Waals surface area (Å²) in [5.41, 5.74) is 9.09. The van der Waals surface area contributed by atoms with E-state index in [1.165, 1.54) is 5.56 Å². The number of rotatable bonds is 5. The molecule has 0 aromatic carbocycles. The second kappa shape index (κ2) is 5.71. The maximum absolute atomic E-state index is 5.70. The van der Waals surface area contributed by atoms with Crippen LogP contribution in [0.4, 0.5) is 5.82 Å². The molecule has 0 amide bonds. The summed E-state index contributed by atoms with van der Waals surface area (Å²) in [5, 5.41) is 7.71. The fourth-order valence-electron chi connectivity index (χ4n) is 2.40. The van der Waals surface area contributed by atoms with Crippen LogP contribution in [0.15, 0.2) is 5.38 Å². The van der Waals surface area contributed by atoms with Crippen molar-refractivity contribution < 1.29 is 0 Å². The number of aromatic nitrogens is 3. The van der Waals surface area contributed by atoms with E-state index in [0.717, 1.165) is 35.2 Å². The summed E-state index contributed by atoms with van der Waals surface area (Å²) < 4.78 is 1.93. The van der Waals surface area contributed by atoms with E-state index >= 15 is 0 Å². The van der Waals surface area contributed by atoms with Crippen molar-refractivity contribution in [2.75, 3.05) is 18.5 Å². The largest absolute Gasteiger partial charge is 0.354 e. The summed E-state index contributed by atoms with van der Waals surface area (Å²) >= 11 is 1.69. The van der Waals surface area contributed by atoms with Gasteiger partial charge in [0.25, 0.3) is 0 Å². The van der Waals surface area contributed by atoms with Crippen molar-refractivity contribution in [3.63, 3.8) is 0 Å². The molecule has 0 aliphatic rings. The Labute approximate surface area is 118 Å². The smallest absolute Gasteiger partial charge is 0.130 e. The van der Waals surface area contributed by atoms with Gasteiger partial charge in [-0.1, -0.05) is 0 Å². The first-order chi connectivity index (χ1) is 9.02. The number of nitrogens with two attached hydrogens (primary N) is 1. The topological polar surface area (TPSA) is 60.0 Å². The second-order valence-corrected chi connectivity index (χ2v) is 5.83. The van der Waals surface area contributed by atoms with Gasteiger partial charge in [-0.2, -0.15) is 5.10 Å². The molecule has 0 saturated carbocycles. The third-order valence-electron chi connectivity index (χ3n) is 3.13. The summed E-state index contributed by atoms with van der Waals surface area (Å²) in [5.74, 6) is 1.13. The summed E-state index contributed by atoms with van der Waals surface area (Å²) in [7, 11) is 4.05. The molecule has 0 aliphatic heterocycles. The summed E-state index contributed by atoms with van der Waals surface area (Å²) in [4.78, 5) is 6.70. The fourth-order valence-corrected chi connectivity index (χ4v) is 3.01. The Balaban J connectivity index is 2.25. The van der Waals surface area contributed by atoms with Gasteiger partial charge in [-0.25, -0.2) is 4.98 Å². The number of hydrogen-bond acceptors (Lipinski definition) is 5. The molecular formula is C13H21N5S. The van der Waals surface area contributed by atoms with Crippen LogP contribution in [0, 0.1) is 13.8 Å². The number of hydrogen-bond donors (Lipinski definition) is 1. The molecule has 104 valence electrons. The van der Waals surface area contributed by atoms with Crippen molar-refractivity contribution in [1.82, 2.24) is 14.8 Å². The minimum atomic E-state index is 0.642. The molecule has 0 fully saturated rings. The van der Waals surface area contributed by atoms with Gasteiger partial charge in [0.2, 0.25) is 0 Å². The van der Waals surface area contributed by atoms with Gasteiger partial charge in [0, 0.05) is 25.0 Å². The number of anilines is 1. The molecule has 0 saturated heterocycles. The van der Waals surface area contributed by atoms with E-state index in [0.29, 0.717) is 6.54 Å². The first-order valence-electron chi connectivity index (χ1n) is 6.37. The van der Waals surface area contributed by atoms with E-state index in [1.807, 2.05) is 25.6 Å². The SMILES string of the molecule is Cc1nc(CN(C)c2c(CCN)c(C)nn2C)cs1. The molecule has 2 rings (SSSR count). The quantitative estimate of drug-likeness (QED) is 0.903. The van der Waals surface area contributed by atoms with Crippen LogP contribution in [0.5, 0.6) is 0 Å². The average molecular weight is 279 g/mol. The van der Waals surface area contributed by atoms with Crippen molar-refractivity contribution in [3.8, 4) is 0 Å². The van der Waals surface area contributed by atoms with Gasteiger partial charge in [-0.15, -0.1) is 11.3 Å². The van der Waals surface area contributed by atoms with E-state index in [-0.39, 0.29) is 0 Å². The van der Waals surface area contributed by atoms with Gasteiger partial charge in [-0.05, 0) is 26.8 Å². The van der Waals surface area contributed by atoms with Gasteiger partial charge in [0.1, 0.15) is 5.82 Å². The van der Waals surface area contributed by atoms with Crippen LogP contribution in [0.25, 0.3) is 0 Å². The zero-order chi connectivity index (χ0) is 14.0. The predicted octanol–water partition coefficient (Wildman–Crippen LogP) is 1.63. The predicted molar refractivity (Wildman–Crippen MR) is 79.7 cm³/mol. The first kappa shape index (κ1) is 14.0. The molecule has 0 bridgehead atoms. The third kappa shape index (κ3) is 2.96. The zero-order valence-corrected chi connectivity index (χ0v) is 12.8. The van der Waals surface area contributed by atoms with Crippen LogP contribution in [-0.4, -0.2) is 28.4 Å². The van der Waals surface area contributed by atoms with Crippen molar-refractivity contribution in [2.24, 2.45) is 12.8 Å². The van der Waals surface area contributed by atoms with Crippen molar-refractivity contribution in [1.29, 1.82) is 0 Å². The Morgan fingerprint density at radius 2 is 2.16 bits per heavy atom. The lowest BCUT2D eigenvalue weighted by Gasteiger charge is -2.20. The van der Waals surface area contributed by atoms with Crippen LogP contribution < -0.4 is 10.6 Å². The maximum Gasteiger partial charge on any atom is 0.130 e. The molecule has 5 nitrogen and oxygen atoms in total. The molecule has 2 aromatic rings. The highest BCUT2D eigenvalue weighted by Gasteiger charge is 2.17. The monoisotopic (exact) mass is 279 g/mol. The lowest BCUT2D eigenvalue weighted by Crippen LogP contribution is -2.21. The van der Waals surface area contributed by atoms with E-state index in [1.54, 1.807) is 11.3 Å². The summed E-state index contributed by atoms with van der Waals surface area (Å²) in [6.07, 6.45) is 0.857. The van der Waals surface area contributed by atoms with Gasteiger partial charge in [0.05, 0.1) is 22.9 Å². The van der Waals surface area contributed by atoms with Crippen molar-refractivity contribution >= 4 is 17.2 Å². The lowest BCUT2D eigenvalue weighted by molar-refractivity contribution is 0.722. The Bertz CT molecular complexity index is 557. The first-order valence-corrected chi connectivity index (χ1v) is 7.25. The normalized spacial score (nSPS) is 11.0. The molecule has 0 atom stereocenters. The molecule has 0 radical (unpaired) electrons. The molecule has 2 heterocycles. The number of thiazole rings is 1. The van der Waals surface area contributed by atoms with Crippen molar-refractivity contribution in [2.45, 2.75) is 26.8 Å². The fraction of sp³-hybridized carbons (Fsp3) is 0.538. The van der Waals surface area contributed by atoms with Crippen LogP contribution in [-0.2, 0) is 20.0 Å². The van der Waals surface area contributed by atoms with Gasteiger partial charge in [0.15, 0.2) is 0 Å². The highest BCUT2D eigenvalue weighted by Crippen LogP contribution is 2.24. The summed E-state index contributed by atoms with van der Waals surface area (Å²) in [6, 6.07) is 0. The number of nitrogens with zero attached hydrogens (tertiary/aromatic N) is 4. The Morgan fingerprint density at radius 1 is 1.42 bits per heavy atom. The second-order valence-electron chi connectivity index (χ2n) is 4.76. The highest BCUT2D eigenvalue weighted by molar-refractivity contribution is 7.09. The Kier molecular flexibility index (Phi) is 4.21. The van der Waals surface area contributed by atoms with Crippen LogP contribution in [0.1, 0.15) is 22.0 Å². The lowest BCUT2D eigenvalue weighted by atomic mass is 10.1. The van der Waals surface area contributed by atoms with Gasteiger partial charge >= 0.3 is 0 Å². The van der Waals surface area contributed by atoms with Gasteiger partial charge < -0.3 is 10.6 Å². The molecular weight excluding hydrogens is 258 g/mol. The third-order valence-corrected chi connectivity index (χ3v) is 3.96. The zero-order valence-electron chi connectivity index (χ0n) is 12.0. The van der Waals surface area contributed by atoms with E-state index in [9.17, 15) is 0 Å². The molecule has 19 heavy (non-hydrogen) atoms. The molecule has 0 spiro atoms. The Morgan fingerprint density at radius 3 is 2.74 bits per heavy atom. The average Bonchev–Trinajstić information content (AvgIpc) is 2.84. The minimum absolute atomic E-state index is 0.642. The molecule has 6 heteroatoms. The maximum atomic E-state index is 5.70. The van der Waals surface area contributed by atoms with E-state index < -0.39 is 0 Å². The highest BCUT2D eigenvalue weighted by atomic mass is 32.1. The molecule has 0 unspecified atom stereocenters. The molecule has 2 N–H and O–H groups in total. The van der Waals surface area contributed by atoms with Crippen LogP contribution >= 0.6 is 11.3 Å². The molecule has 2 aromatic heterocycles. The van der Waals surface area contributed by atoms with E-state index in [4.69, 9.17) is 5.73 Å².